The summed E-state index contributed by atoms with van der Waals surface area (Å²) in [4.78, 5) is 10.8. The molecule has 0 bridgehead atoms. The van der Waals surface area contributed by atoms with Crippen LogP contribution in [-0.4, -0.2) is 35.6 Å². The van der Waals surface area contributed by atoms with Crippen LogP contribution in [0.2, 0.25) is 0 Å². The van der Waals surface area contributed by atoms with Crippen molar-refractivity contribution in [3.8, 4) is 0 Å². The lowest BCUT2D eigenvalue weighted by Crippen LogP contribution is -2.37. The Balaban J connectivity index is 1.91. The molecule has 0 aliphatic heterocycles. The van der Waals surface area contributed by atoms with Crippen molar-refractivity contribution >= 4 is 11.6 Å². The molecule has 1 unspecified atom stereocenters. The highest BCUT2D eigenvalue weighted by Gasteiger charge is 2.23. The average Bonchev–Trinajstić information content (AvgIpc) is 2.26. The number of rotatable bonds is 6. The number of hydrogen-bond acceptors (Lipinski definition) is 5. The Labute approximate surface area is 109 Å². The normalized spacial score (nSPS) is 17.1. The fourth-order valence-corrected chi connectivity index (χ4v) is 2.03. The van der Waals surface area contributed by atoms with Gasteiger partial charge in [-0.25, -0.2) is 9.97 Å². The van der Waals surface area contributed by atoms with E-state index in [1.807, 2.05) is 13.0 Å². The molecule has 1 aromatic rings. The van der Waals surface area contributed by atoms with Crippen LogP contribution in [0, 0.1) is 0 Å². The monoisotopic (exact) mass is 249 g/mol. The van der Waals surface area contributed by atoms with Crippen molar-refractivity contribution in [2.45, 2.75) is 44.7 Å². The van der Waals surface area contributed by atoms with E-state index in [0.717, 1.165) is 24.6 Å². The zero-order chi connectivity index (χ0) is 13.0. The molecule has 1 aliphatic rings. The molecular formula is C13H23N5. The third-order valence-corrected chi connectivity index (χ3v) is 3.54. The highest BCUT2D eigenvalue weighted by atomic mass is 15.2. The molecule has 100 valence electrons. The van der Waals surface area contributed by atoms with E-state index in [4.69, 9.17) is 5.73 Å². The number of nitrogens with zero attached hydrogens (tertiary/aromatic N) is 3. The summed E-state index contributed by atoms with van der Waals surface area (Å²) in [7, 11) is 2.11. The van der Waals surface area contributed by atoms with E-state index < -0.39 is 0 Å². The van der Waals surface area contributed by atoms with Gasteiger partial charge in [-0.1, -0.05) is 0 Å². The molecule has 1 saturated carbocycles. The molecule has 0 radical (unpaired) electrons. The van der Waals surface area contributed by atoms with Crippen LogP contribution in [-0.2, 0) is 0 Å². The van der Waals surface area contributed by atoms with Gasteiger partial charge in [-0.15, -0.1) is 0 Å². The standard InChI is InChI=1S/C13H23N5/c1-10(14)6-7-15-12-8-13(17-9-16-12)18(2)11-4-3-5-11/h8-11H,3-7,14H2,1-2H3,(H,15,16,17). The number of anilines is 2. The van der Waals surface area contributed by atoms with Gasteiger partial charge in [-0.05, 0) is 32.6 Å². The fourth-order valence-electron chi connectivity index (χ4n) is 2.03. The fraction of sp³-hybridized carbons (Fsp3) is 0.692. The van der Waals surface area contributed by atoms with Crippen molar-refractivity contribution in [3.63, 3.8) is 0 Å². The van der Waals surface area contributed by atoms with Gasteiger partial charge in [0.1, 0.15) is 18.0 Å². The summed E-state index contributed by atoms with van der Waals surface area (Å²) < 4.78 is 0. The predicted octanol–water partition coefficient (Wildman–Crippen LogP) is 1.61. The Morgan fingerprint density at radius 3 is 2.89 bits per heavy atom. The van der Waals surface area contributed by atoms with Crippen LogP contribution in [0.3, 0.4) is 0 Å². The minimum absolute atomic E-state index is 0.219. The molecule has 0 saturated heterocycles. The predicted molar refractivity (Wildman–Crippen MR) is 74.8 cm³/mol. The van der Waals surface area contributed by atoms with Crippen LogP contribution in [0.15, 0.2) is 12.4 Å². The van der Waals surface area contributed by atoms with Crippen molar-refractivity contribution in [2.24, 2.45) is 5.73 Å². The van der Waals surface area contributed by atoms with Gasteiger partial charge in [0, 0.05) is 31.7 Å². The van der Waals surface area contributed by atoms with Crippen molar-refractivity contribution in [1.29, 1.82) is 0 Å². The smallest absolute Gasteiger partial charge is 0.134 e. The van der Waals surface area contributed by atoms with E-state index in [0.29, 0.717) is 6.04 Å². The molecule has 1 atom stereocenters. The Hall–Kier alpha value is -1.36. The van der Waals surface area contributed by atoms with E-state index in [2.05, 4.69) is 27.2 Å². The van der Waals surface area contributed by atoms with Gasteiger partial charge in [0.05, 0.1) is 0 Å². The lowest BCUT2D eigenvalue weighted by molar-refractivity contribution is 0.399. The molecular weight excluding hydrogens is 226 g/mol. The van der Waals surface area contributed by atoms with Crippen LogP contribution < -0.4 is 16.0 Å². The number of hydrogen-bond donors (Lipinski definition) is 2. The van der Waals surface area contributed by atoms with E-state index in [-0.39, 0.29) is 6.04 Å². The van der Waals surface area contributed by atoms with Gasteiger partial charge < -0.3 is 16.0 Å². The van der Waals surface area contributed by atoms with Gasteiger partial charge >= 0.3 is 0 Å². The minimum Gasteiger partial charge on any atom is -0.370 e. The lowest BCUT2D eigenvalue weighted by atomic mass is 9.92. The Bertz CT molecular complexity index is 375. The van der Waals surface area contributed by atoms with E-state index in [1.54, 1.807) is 6.33 Å². The van der Waals surface area contributed by atoms with Crippen molar-refractivity contribution in [1.82, 2.24) is 9.97 Å². The maximum absolute atomic E-state index is 5.72. The number of nitrogens with one attached hydrogen (secondary N) is 1. The summed E-state index contributed by atoms with van der Waals surface area (Å²) >= 11 is 0. The zero-order valence-corrected chi connectivity index (χ0v) is 11.3. The summed E-state index contributed by atoms with van der Waals surface area (Å²) in [5, 5.41) is 3.29. The zero-order valence-electron chi connectivity index (χ0n) is 11.3. The molecule has 3 N–H and O–H groups in total. The summed E-state index contributed by atoms with van der Waals surface area (Å²) in [6.07, 6.45) is 6.44. The second-order valence-corrected chi connectivity index (χ2v) is 5.15. The Morgan fingerprint density at radius 2 is 2.28 bits per heavy atom. The first-order valence-corrected chi connectivity index (χ1v) is 6.71. The van der Waals surface area contributed by atoms with Crippen LogP contribution in [0.5, 0.6) is 0 Å². The molecule has 5 nitrogen and oxygen atoms in total. The van der Waals surface area contributed by atoms with E-state index in [1.165, 1.54) is 19.3 Å². The molecule has 5 heteroatoms. The van der Waals surface area contributed by atoms with E-state index in [9.17, 15) is 0 Å². The first kappa shape index (κ1) is 13.1. The molecule has 1 heterocycles. The van der Waals surface area contributed by atoms with Gasteiger partial charge in [-0.3, -0.25) is 0 Å². The molecule has 1 aromatic heterocycles. The Morgan fingerprint density at radius 1 is 1.50 bits per heavy atom. The van der Waals surface area contributed by atoms with Gasteiger partial charge in [-0.2, -0.15) is 0 Å². The first-order valence-electron chi connectivity index (χ1n) is 6.71. The number of nitrogens with two attached hydrogens (primary N) is 1. The van der Waals surface area contributed by atoms with E-state index >= 15 is 0 Å². The van der Waals surface area contributed by atoms with Crippen LogP contribution in [0.4, 0.5) is 11.6 Å². The van der Waals surface area contributed by atoms with Crippen LogP contribution in [0.1, 0.15) is 32.6 Å². The summed E-state index contributed by atoms with van der Waals surface area (Å²) in [6, 6.07) is 2.88. The average molecular weight is 249 g/mol. The highest BCUT2D eigenvalue weighted by molar-refractivity contribution is 5.48. The van der Waals surface area contributed by atoms with Gasteiger partial charge in [0.25, 0.3) is 0 Å². The Kier molecular flexibility index (Phi) is 4.36. The lowest BCUT2D eigenvalue weighted by Gasteiger charge is -2.35. The summed E-state index contributed by atoms with van der Waals surface area (Å²) in [5.41, 5.74) is 5.72. The number of aromatic nitrogens is 2. The third kappa shape index (κ3) is 3.32. The van der Waals surface area contributed by atoms with Gasteiger partial charge in [0.15, 0.2) is 0 Å². The topological polar surface area (TPSA) is 67.1 Å². The quantitative estimate of drug-likeness (QED) is 0.802. The molecule has 0 amide bonds. The minimum atomic E-state index is 0.219. The molecule has 0 aromatic carbocycles. The first-order chi connectivity index (χ1) is 8.66. The highest BCUT2D eigenvalue weighted by Crippen LogP contribution is 2.27. The molecule has 1 aliphatic carbocycles. The van der Waals surface area contributed by atoms with Crippen LogP contribution >= 0.6 is 0 Å². The third-order valence-electron chi connectivity index (χ3n) is 3.54. The van der Waals surface area contributed by atoms with Crippen molar-refractivity contribution in [2.75, 3.05) is 23.8 Å². The van der Waals surface area contributed by atoms with Crippen LogP contribution in [0.25, 0.3) is 0 Å². The molecule has 18 heavy (non-hydrogen) atoms. The van der Waals surface area contributed by atoms with Crippen molar-refractivity contribution in [3.05, 3.63) is 12.4 Å². The molecule has 0 spiro atoms. The molecule has 1 fully saturated rings. The van der Waals surface area contributed by atoms with Gasteiger partial charge in [0.2, 0.25) is 0 Å². The largest absolute Gasteiger partial charge is 0.370 e. The molecule has 2 rings (SSSR count). The SMILES string of the molecule is CC(N)CCNc1cc(N(C)C2CCC2)ncn1. The second-order valence-electron chi connectivity index (χ2n) is 5.15. The second kappa shape index (κ2) is 6.00. The summed E-state index contributed by atoms with van der Waals surface area (Å²) in [5.74, 6) is 1.88. The maximum atomic E-state index is 5.72. The maximum Gasteiger partial charge on any atom is 0.134 e. The summed E-state index contributed by atoms with van der Waals surface area (Å²) in [6.45, 7) is 2.86. The van der Waals surface area contributed by atoms with Crippen molar-refractivity contribution < 1.29 is 0 Å².